The standard InChI is InChI=1S/C23H25FN4O3/c24-18-7-3-1-5-16(18)10-13-25-20(29)15-28-14-12-23(11-9-21(28)30)26-19-8-4-2-6-17(19)22(31)27-23/h1-8,26H,9-15H2,(H,25,29)(H,27,31)/t23-/m0/s1. The van der Waals surface area contributed by atoms with Gasteiger partial charge in [-0.3, -0.25) is 14.4 Å². The molecule has 3 N–H and O–H groups in total. The second kappa shape index (κ2) is 8.75. The van der Waals surface area contributed by atoms with Gasteiger partial charge in [-0.05, 0) is 36.6 Å². The van der Waals surface area contributed by atoms with Gasteiger partial charge in [0, 0.05) is 31.6 Å². The third-order valence-electron chi connectivity index (χ3n) is 5.83. The summed E-state index contributed by atoms with van der Waals surface area (Å²) in [7, 11) is 0. The Labute approximate surface area is 180 Å². The first-order valence-corrected chi connectivity index (χ1v) is 10.4. The zero-order valence-corrected chi connectivity index (χ0v) is 17.1. The van der Waals surface area contributed by atoms with E-state index in [4.69, 9.17) is 0 Å². The van der Waals surface area contributed by atoms with Crippen LogP contribution in [0.5, 0.6) is 0 Å². The molecule has 2 aromatic rings. The van der Waals surface area contributed by atoms with Crippen LogP contribution < -0.4 is 16.0 Å². The van der Waals surface area contributed by atoms with Crippen molar-refractivity contribution in [3.8, 4) is 0 Å². The number of carbonyl (C=O) groups is 3. The van der Waals surface area contributed by atoms with Gasteiger partial charge in [-0.15, -0.1) is 0 Å². The number of rotatable bonds is 5. The Morgan fingerprint density at radius 2 is 1.84 bits per heavy atom. The van der Waals surface area contributed by atoms with Gasteiger partial charge in [0.25, 0.3) is 5.91 Å². The van der Waals surface area contributed by atoms with Crippen LogP contribution in [0.2, 0.25) is 0 Å². The Balaban J connectivity index is 1.33. The van der Waals surface area contributed by atoms with Gasteiger partial charge in [-0.25, -0.2) is 4.39 Å². The van der Waals surface area contributed by atoms with E-state index in [0.717, 1.165) is 5.69 Å². The fourth-order valence-corrected chi connectivity index (χ4v) is 4.10. The maximum absolute atomic E-state index is 13.7. The van der Waals surface area contributed by atoms with Crippen LogP contribution in [0.3, 0.4) is 0 Å². The monoisotopic (exact) mass is 424 g/mol. The quantitative estimate of drug-likeness (QED) is 0.685. The predicted molar refractivity (Wildman–Crippen MR) is 114 cm³/mol. The number of amides is 3. The summed E-state index contributed by atoms with van der Waals surface area (Å²) < 4.78 is 13.7. The Kier molecular flexibility index (Phi) is 5.88. The lowest BCUT2D eigenvalue weighted by atomic mass is 9.95. The van der Waals surface area contributed by atoms with E-state index in [0.29, 0.717) is 43.5 Å². The number of likely N-dealkylation sites (tertiary alicyclic amines) is 1. The SMILES string of the molecule is O=C(CN1CC[C@]2(CCC1=O)NC(=O)c1ccccc1N2)NCCc1ccccc1F. The fraction of sp³-hybridized carbons (Fsp3) is 0.348. The summed E-state index contributed by atoms with van der Waals surface area (Å²) in [6, 6.07) is 13.7. The van der Waals surface area contributed by atoms with Gasteiger partial charge in [0.05, 0.1) is 12.1 Å². The molecule has 0 radical (unpaired) electrons. The van der Waals surface area contributed by atoms with Crippen molar-refractivity contribution in [2.24, 2.45) is 0 Å². The van der Waals surface area contributed by atoms with Gasteiger partial charge < -0.3 is 20.9 Å². The molecule has 1 fully saturated rings. The summed E-state index contributed by atoms with van der Waals surface area (Å²) >= 11 is 0. The minimum absolute atomic E-state index is 0.0588. The lowest BCUT2D eigenvalue weighted by Gasteiger charge is -2.39. The van der Waals surface area contributed by atoms with E-state index >= 15 is 0 Å². The molecule has 0 bridgehead atoms. The molecular weight excluding hydrogens is 399 g/mol. The highest BCUT2D eigenvalue weighted by Crippen LogP contribution is 2.31. The van der Waals surface area contributed by atoms with Crippen molar-refractivity contribution in [2.45, 2.75) is 31.3 Å². The van der Waals surface area contributed by atoms with Crippen molar-refractivity contribution in [1.29, 1.82) is 0 Å². The van der Waals surface area contributed by atoms with E-state index in [1.54, 1.807) is 30.3 Å². The highest BCUT2D eigenvalue weighted by molar-refractivity contribution is 6.02. The van der Waals surface area contributed by atoms with Gasteiger partial charge in [-0.2, -0.15) is 0 Å². The maximum Gasteiger partial charge on any atom is 0.255 e. The zero-order chi connectivity index (χ0) is 21.8. The number of nitrogens with zero attached hydrogens (tertiary/aromatic N) is 1. The largest absolute Gasteiger partial charge is 0.362 e. The van der Waals surface area contributed by atoms with Crippen molar-refractivity contribution in [3.05, 3.63) is 65.5 Å². The van der Waals surface area contributed by atoms with Crippen molar-refractivity contribution in [2.75, 3.05) is 25.0 Å². The number of anilines is 1. The van der Waals surface area contributed by atoms with Crippen LogP contribution in [-0.4, -0.2) is 47.9 Å². The van der Waals surface area contributed by atoms with Crippen LogP contribution in [0.25, 0.3) is 0 Å². The number of halogens is 1. The lowest BCUT2D eigenvalue weighted by molar-refractivity contribution is -0.135. The smallest absolute Gasteiger partial charge is 0.255 e. The van der Waals surface area contributed by atoms with E-state index in [1.165, 1.54) is 11.0 Å². The minimum Gasteiger partial charge on any atom is -0.362 e. The van der Waals surface area contributed by atoms with Crippen LogP contribution in [-0.2, 0) is 16.0 Å². The van der Waals surface area contributed by atoms with Crippen molar-refractivity contribution in [3.63, 3.8) is 0 Å². The molecule has 2 aliphatic heterocycles. The number of para-hydroxylation sites is 1. The Morgan fingerprint density at radius 3 is 2.68 bits per heavy atom. The number of fused-ring (bicyclic) bond motifs is 1. The van der Waals surface area contributed by atoms with Crippen molar-refractivity contribution < 1.29 is 18.8 Å². The molecule has 1 spiro atoms. The number of carbonyl (C=O) groups excluding carboxylic acids is 3. The molecule has 1 saturated heterocycles. The molecule has 2 heterocycles. The van der Waals surface area contributed by atoms with Gasteiger partial charge in [0.15, 0.2) is 0 Å². The second-order valence-corrected chi connectivity index (χ2v) is 7.96. The molecule has 3 amide bonds. The second-order valence-electron chi connectivity index (χ2n) is 7.96. The van der Waals surface area contributed by atoms with E-state index < -0.39 is 5.66 Å². The van der Waals surface area contributed by atoms with E-state index in [2.05, 4.69) is 16.0 Å². The Hall–Kier alpha value is -3.42. The topological polar surface area (TPSA) is 90.5 Å². The number of hydrogen-bond donors (Lipinski definition) is 3. The summed E-state index contributed by atoms with van der Waals surface area (Å²) in [5.41, 5.74) is 1.15. The summed E-state index contributed by atoms with van der Waals surface area (Å²) in [5.74, 6) is -0.878. The molecule has 0 aliphatic carbocycles. The van der Waals surface area contributed by atoms with Crippen LogP contribution >= 0.6 is 0 Å². The average Bonchev–Trinajstić information content (AvgIpc) is 2.89. The lowest BCUT2D eigenvalue weighted by Crippen LogP contribution is -2.58. The highest BCUT2D eigenvalue weighted by atomic mass is 19.1. The van der Waals surface area contributed by atoms with Gasteiger partial charge in [0.1, 0.15) is 11.5 Å². The minimum atomic E-state index is -0.711. The maximum atomic E-state index is 13.7. The van der Waals surface area contributed by atoms with Crippen LogP contribution in [0, 0.1) is 5.82 Å². The van der Waals surface area contributed by atoms with E-state index in [-0.39, 0.29) is 36.5 Å². The average molecular weight is 424 g/mol. The number of benzene rings is 2. The summed E-state index contributed by atoms with van der Waals surface area (Å²) in [4.78, 5) is 39.0. The number of nitrogens with one attached hydrogen (secondary N) is 3. The van der Waals surface area contributed by atoms with E-state index in [1.807, 2.05) is 12.1 Å². The molecule has 8 heteroatoms. The molecule has 0 saturated carbocycles. The molecule has 2 aliphatic rings. The summed E-state index contributed by atoms with van der Waals surface area (Å²) in [5, 5.41) is 9.16. The first-order chi connectivity index (χ1) is 15.0. The van der Waals surface area contributed by atoms with E-state index in [9.17, 15) is 18.8 Å². The summed E-state index contributed by atoms with van der Waals surface area (Å²) in [6.45, 7) is 0.575. The zero-order valence-electron chi connectivity index (χ0n) is 17.1. The molecule has 31 heavy (non-hydrogen) atoms. The number of hydrogen-bond acceptors (Lipinski definition) is 4. The van der Waals surface area contributed by atoms with Crippen LogP contribution in [0.15, 0.2) is 48.5 Å². The normalized spacial score (nSPS) is 20.5. The fourth-order valence-electron chi connectivity index (χ4n) is 4.10. The molecule has 0 unspecified atom stereocenters. The molecule has 7 nitrogen and oxygen atoms in total. The first-order valence-electron chi connectivity index (χ1n) is 10.4. The Morgan fingerprint density at radius 1 is 1.06 bits per heavy atom. The molecule has 2 aromatic carbocycles. The van der Waals surface area contributed by atoms with Gasteiger partial charge in [0.2, 0.25) is 11.8 Å². The molecular formula is C23H25FN4O3. The van der Waals surface area contributed by atoms with Crippen molar-refractivity contribution in [1.82, 2.24) is 15.5 Å². The van der Waals surface area contributed by atoms with Crippen LogP contribution in [0.1, 0.15) is 35.2 Å². The van der Waals surface area contributed by atoms with Gasteiger partial charge >= 0.3 is 0 Å². The third kappa shape index (κ3) is 4.68. The molecule has 4 rings (SSSR count). The first kappa shape index (κ1) is 20.8. The summed E-state index contributed by atoms with van der Waals surface area (Å²) in [6.07, 6.45) is 1.53. The molecule has 162 valence electrons. The van der Waals surface area contributed by atoms with Crippen molar-refractivity contribution >= 4 is 23.4 Å². The molecule has 0 aromatic heterocycles. The van der Waals surface area contributed by atoms with Gasteiger partial charge in [-0.1, -0.05) is 30.3 Å². The van der Waals surface area contributed by atoms with Crippen LogP contribution in [0.4, 0.5) is 10.1 Å². The highest BCUT2D eigenvalue weighted by Gasteiger charge is 2.40. The Bertz CT molecular complexity index is 1010. The predicted octanol–water partition coefficient (Wildman–Crippen LogP) is 2.05. The molecule has 1 atom stereocenters. The third-order valence-corrected chi connectivity index (χ3v) is 5.83.